The highest BCUT2D eigenvalue weighted by atomic mass is 19.1. The molecule has 1 atom stereocenters. The van der Waals surface area contributed by atoms with Gasteiger partial charge in [-0.2, -0.15) is 0 Å². The van der Waals surface area contributed by atoms with Crippen molar-refractivity contribution in [3.8, 4) is 22.5 Å². The van der Waals surface area contributed by atoms with Gasteiger partial charge in [-0.05, 0) is 42.0 Å². The van der Waals surface area contributed by atoms with Crippen LogP contribution in [-0.2, 0) is 4.79 Å². The maximum absolute atomic E-state index is 13.9. The van der Waals surface area contributed by atoms with Crippen molar-refractivity contribution in [1.82, 2.24) is 19.9 Å². The lowest BCUT2D eigenvalue weighted by Gasteiger charge is -2.15. The summed E-state index contributed by atoms with van der Waals surface area (Å²) >= 11 is 0. The second kappa shape index (κ2) is 9.40. The first-order chi connectivity index (χ1) is 17.0. The van der Waals surface area contributed by atoms with Gasteiger partial charge >= 0.3 is 0 Å². The minimum absolute atomic E-state index is 0.248. The molecule has 0 aliphatic carbocycles. The zero-order valence-electron chi connectivity index (χ0n) is 18.2. The first kappa shape index (κ1) is 22.3. The monoisotopic (exact) mass is 471 g/mol. The molecule has 1 amide bonds. The minimum atomic E-state index is -0.898. The Bertz CT molecular complexity index is 1500. The summed E-state index contributed by atoms with van der Waals surface area (Å²) in [5.41, 5.74) is 4.15. The Balaban J connectivity index is 1.52. The molecule has 5 aromatic rings. The SMILES string of the molecule is O=C(Nc1cc(-c2[nH]c3cc(F)cnc3c2-c2ccccn2)ccn1)C(CO)c1ccc(F)cc1. The number of hydrogen-bond donors (Lipinski definition) is 3. The van der Waals surface area contributed by atoms with Gasteiger partial charge in [-0.15, -0.1) is 0 Å². The maximum atomic E-state index is 13.9. The quantitative estimate of drug-likeness (QED) is 0.334. The molecule has 1 aromatic carbocycles. The number of amides is 1. The number of H-pyrrole nitrogens is 1. The molecule has 7 nitrogen and oxygen atoms in total. The molecule has 3 N–H and O–H groups in total. The summed E-state index contributed by atoms with van der Waals surface area (Å²) in [5.74, 6) is -2.05. The van der Waals surface area contributed by atoms with Crippen LogP contribution in [0.2, 0.25) is 0 Å². The summed E-state index contributed by atoms with van der Waals surface area (Å²) in [7, 11) is 0. The van der Waals surface area contributed by atoms with E-state index in [4.69, 9.17) is 0 Å². The third-order valence-electron chi connectivity index (χ3n) is 5.59. The number of fused-ring (bicyclic) bond motifs is 1. The molecule has 174 valence electrons. The Hall–Kier alpha value is -4.50. The van der Waals surface area contributed by atoms with Gasteiger partial charge in [0.25, 0.3) is 0 Å². The predicted octanol–water partition coefficient (Wildman–Crippen LogP) is 4.68. The zero-order valence-corrected chi connectivity index (χ0v) is 18.2. The highest BCUT2D eigenvalue weighted by Gasteiger charge is 2.22. The van der Waals surface area contributed by atoms with Crippen molar-refractivity contribution in [2.75, 3.05) is 11.9 Å². The van der Waals surface area contributed by atoms with E-state index in [1.807, 2.05) is 12.1 Å². The molecule has 0 saturated heterocycles. The Morgan fingerprint density at radius 1 is 0.971 bits per heavy atom. The number of rotatable bonds is 6. The summed E-state index contributed by atoms with van der Waals surface area (Å²) in [6.45, 7) is -0.458. The lowest BCUT2D eigenvalue weighted by molar-refractivity contribution is -0.118. The molecule has 35 heavy (non-hydrogen) atoms. The Morgan fingerprint density at radius 2 is 1.80 bits per heavy atom. The number of carbonyl (C=O) groups excluding carboxylic acids is 1. The molecule has 5 rings (SSSR count). The number of aromatic nitrogens is 4. The van der Waals surface area contributed by atoms with Gasteiger partial charge in [-0.3, -0.25) is 14.8 Å². The number of pyridine rings is 3. The fourth-order valence-electron chi connectivity index (χ4n) is 3.93. The average molecular weight is 471 g/mol. The van der Waals surface area contributed by atoms with Crippen molar-refractivity contribution >= 4 is 22.8 Å². The van der Waals surface area contributed by atoms with Crippen LogP contribution in [0, 0.1) is 11.6 Å². The largest absolute Gasteiger partial charge is 0.395 e. The third-order valence-corrected chi connectivity index (χ3v) is 5.59. The van der Waals surface area contributed by atoms with Crippen LogP contribution in [0.4, 0.5) is 14.6 Å². The van der Waals surface area contributed by atoms with Crippen LogP contribution in [0.5, 0.6) is 0 Å². The van der Waals surface area contributed by atoms with Crippen LogP contribution in [0.25, 0.3) is 33.5 Å². The predicted molar refractivity (Wildman–Crippen MR) is 127 cm³/mol. The van der Waals surface area contributed by atoms with Crippen LogP contribution in [0.3, 0.4) is 0 Å². The molecular formula is C26H19F2N5O2. The number of nitrogens with zero attached hydrogens (tertiary/aromatic N) is 3. The second-order valence-electron chi connectivity index (χ2n) is 7.85. The van der Waals surface area contributed by atoms with Crippen LogP contribution in [0.1, 0.15) is 11.5 Å². The van der Waals surface area contributed by atoms with Crippen LogP contribution < -0.4 is 5.32 Å². The van der Waals surface area contributed by atoms with Gasteiger partial charge in [0, 0.05) is 24.0 Å². The van der Waals surface area contributed by atoms with Crippen molar-refractivity contribution in [2.24, 2.45) is 0 Å². The summed E-state index contributed by atoms with van der Waals surface area (Å²) in [6.07, 6.45) is 4.33. The molecule has 1 unspecified atom stereocenters. The number of aliphatic hydroxyl groups is 1. The van der Waals surface area contributed by atoms with Gasteiger partial charge in [-0.25, -0.2) is 13.8 Å². The zero-order chi connectivity index (χ0) is 24.4. The van der Waals surface area contributed by atoms with E-state index in [0.717, 1.165) is 6.20 Å². The lowest BCUT2D eigenvalue weighted by Crippen LogP contribution is -2.24. The molecule has 0 spiro atoms. The number of benzene rings is 1. The van der Waals surface area contributed by atoms with E-state index >= 15 is 0 Å². The van der Waals surface area contributed by atoms with Crippen molar-refractivity contribution < 1.29 is 18.7 Å². The fraction of sp³-hybridized carbons (Fsp3) is 0.0769. The molecule has 0 fully saturated rings. The highest BCUT2D eigenvalue weighted by molar-refractivity contribution is 6.01. The summed E-state index contributed by atoms with van der Waals surface area (Å²) in [6, 6.07) is 15.6. The molecule has 9 heteroatoms. The lowest BCUT2D eigenvalue weighted by atomic mass is 9.99. The Labute approximate surface area is 198 Å². The van der Waals surface area contributed by atoms with Gasteiger partial charge in [0.2, 0.25) is 5.91 Å². The van der Waals surface area contributed by atoms with Gasteiger partial charge in [0.05, 0.1) is 46.7 Å². The number of nitrogens with one attached hydrogen (secondary N) is 2. The van der Waals surface area contributed by atoms with E-state index in [9.17, 15) is 18.7 Å². The molecular weight excluding hydrogens is 452 g/mol. The van der Waals surface area contributed by atoms with Gasteiger partial charge in [0.1, 0.15) is 17.5 Å². The first-order valence-corrected chi connectivity index (χ1v) is 10.8. The van der Waals surface area contributed by atoms with E-state index in [1.165, 1.54) is 36.5 Å². The normalized spacial score (nSPS) is 12.0. The number of carbonyl (C=O) groups is 1. The van der Waals surface area contributed by atoms with E-state index in [-0.39, 0.29) is 5.82 Å². The standard InChI is InChI=1S/C26H19F2N5O2/c27-17-6-4-15(5-7-17)19(14-34)26(35)33-22-11-16(8-10-30-22)24-23(20-3-1-2-9-29-20)25-21(32-24)12-18(28)13-31-25/h1-13,19,32,34H,14H2,(H,30,33,35). The first-order valence-electron chi connectivity index (χ1n) is 10.8. The number of hydrogen-bond acceptors (Lipinski definition) is 5. The smallest absolute Gasteiger partial charge is 0.235 e. The minimum Gasteiger partial charge on any atom is -0.395 e. The highest BCUT2D eigenvalue weighted by Crippen LogP contribution is 2.37. The van der Waals surface area contributed by atoms with Gasteiger partial charge in [-0.1, -0.05) is 18.2 Å². The van der Waals surface area contributed by atoms with Crippen molar-refractivity contribution in [3.05, 3.63) is 96.5 Å². The molecule has 0 aliphatic heterocycles. The van der Waals surface area contributed by atoms with E-state index in [1.54, 1.807) is 24.4 Å². The Morgan fingerprint density at radius 3 is 2.54 bits per heavy atom. The molecule has 0 radical (unpaired) electrons. The fourth-order valence-corrected chi connectivity index (χ4v) is 3.93. The number of aromatic amines is 1. The molecule has 0 saturated carbocycles. The summed E-state index contributed by atoms with van der Waals surface area (Å²) < 4.78 is 27.1. The van der Waals surface area contributed by atoms with E-state index in [2.05, 4.69) is 25.3 Å². The second-order valence-corrected chi connectivity index (χ2v) is 7.85. The molecule has 0 bridgehead atoms. The van der Waals surface area contributed by atoms with Crippen LogP contribution in [0.15, 0.2) is 79.3 Å². The molecule has 0 aliphatic rings. The third kappa shape index (κ3) is 4.49. The Kier molecular flexibility index (Phi) is 5.99. The van der Waals surface area contributed by atoms with Gasteiger partial charge in [0.15, 0.2) is 0 Å². The van der Waals surface area contributed by atoms with Crippen molar-refractivity contribution in [1.29, 1.82) is 0 Å². The van der Waals surface area contributed by atoms with Crippen LogP contribution in [-0.4, -0.2) is 37.6 Å². The van der Waals surface area contributed by atoms with Crippen molar-refractivity contribution in [3.63, 3.8) is 0 Å². The molecule has 4 heterocycles. The van der Waals surface area contributed by atoms with E-state index in [0.29, 0.717) is 39.1 Å². The number of aliphatic hydroxyl groups excluding tert-OH is 1. The summed E-state index contributed by atoms with van der Waals surface area (Å²) in [4.78, 5) is 29.0. The maximum Gasteiger partial charge on any atom is 0.235 e. The molecule has 4 aromatic heterocycles. The average Bonchev–Trinajstić information content (AvgIpc) is 3.25. The number of halogens is 2. The topological polar surface area (TPSA) is 104 Å². The number of anilines is 1. The summed E-state index contributed by atoms with van der Waals surface area (Å²) in [5, 5.41) is 12.5. The van der Waals surface area contributed by atoms with Crippen LogP contribution >= 0.6 is 0 Å². The van der Waals surface area contributed by atoms with Crippen molar-refractivity contribution in [2.45, 2.75) is 5.92 Å². The van der Waals surface area contributed by atoms with E-state index < -0.39 is 30.1 Å². The van der Waals surface area contributed by atoms with Gasteiger partial charge < -0.3 is 15.4 Å².